The van der Waals surface area contributed by atoms with Crippen molar-refractivity contribution in [3.63, 3.8) is 0 Å². The van der Waals surface area contributed by atoms with Crippen LogP contribution in [0.3, 0.4) is 0 Å². The molecule has 2 aliphatic heterocycles. The van der Waals surface area contributed by atoms with Gasteiger partial charge in [0.2, 0.25) is 0 Å². The summed E-state index contributed by atoms with van der Waals surface area (Å²) in [6.07, 6.45) is 0. The van der Waals surface area contributed by atoms with Crippen LogP contribution in [0.15, 0.2) is 47.4 Å². The van der Waals surface area contributed by atoms with Gasteiger partial charge < -0.3 is 4.90 Å². The molecular formula is C21H24F2N2O4S2. The van der Waals surface area contributed by atoms with Crippen molar-refractivity contribution in [1.29, 1.82) is 0 Å². The first-order valence-corrected chi connectivity index (χ1v) is 13.4. The van der Waals surface area contributed by atoms with Gasteiger partial charge in [0.15, 0.2) is 19.7 Å². The van der Waals surface area contributed by atoms with Gasteiger partial charge in [0.25, 0.3) is 0 Å². The zero-order chi connectivity index (χ0) is 22.4. The highest BCUT2D eigenvalue weighted by Crippen LogP contribution is 2.31. The van der Waals surface area contributed by atoms with E-state index in [1.807, 2.05) is 9.80 Å². The fourth-order valence-electron chi connectivity index (χ4n) is 4.39. The minimum absolute atomic E-state index is 0.263. The summed E-state index contributed by atoms with van der Waals surface area (Å²) in [6, 6.07) is 9.23. The third kappa shape index (κ3) is 4.47. The van der Waals surface area contributed by atoms with Crippen molar-refractivity contribution in [2.75, 3.05) is 42.6 Å². The van der Waals surface area contributed by atoms with Crippen LogP contribution in [0.4, 0.5) is 14.5 Å². The lowest BCUT2D eigenvalue weighted by atomic mass is 10.1. The molecule has 4 rings (SSSR count). The second-order valence-corrected chi connectivity index (χ2v) is 12.5. The van der Waals surface area contributed by atoms with Gasteiger partial charge in [-0.1, -0.05) is 6.07 Å². The molecule has 6 nitrogen and oxygen atoms in total. The molecule has 0 amide bonds. The summed E-state index contributed by atoms with van der Waals surface area (Å²) in [4.78, 5) is 3.48. The van der Waals surface area contributed by atoms with Gasteiger partial charge in [-0.3, -0.25) is 4.90 Å². The monoisotopic (exact) mass is 470 g/mol. The van der Waals surface area contributed by atoms with E-state index < -0.39 is 47.4 Å². The van der Waals surface area contributed by atoms with Crippen molar-refractivity contribution < 1.29 is 25.6 Å². The Labute approximate surface area is 181 Å². The molecule has 0 spiro atoms. The summed E-state index contributed by atoms with van der Waals surface area (Å²) in [5.41, 5.74) is 1.44. The van der Waals surface area contributed by atoms with E-state index in [1.165, 1.54) is 24.3 Å². The smallest absolute Gasteiger partial charge is 0.186 e. The van der Waals surface area contributed by atoms with Crippen molar-refractivity contribution in [1.82, 2.24) is 4.90 Å². The summed E-state index contributed by atoms with van der Waals surface area (Å²) in [5, 5.41) is -1.22. The molecule has 0 aromatic heterocycles. The zero-order valence-electron chi connectivity index (χ0n) is 17.0. The minimum atomic E-state index is -4.18. The van der Waals surface area contributed by atoms with E-state index in [9.17, 15) is 25.6 Å². The molecule has 0 saturated carbocycles. The average molecular weight is 471 g/mol. The van der Waals surface area contributed by atoms with Gasteiger partial charge in [0.05, 0.1) is 16.8 Å². The van der Waals surface area contributed by atoms with E-state index in [0.29, 0.717) is 31.7 Å². The molecule has 0 unspecified atom stereocenters. The van der Waals surface area contributed by atoms with Crippen LogP contribution in [0.5, 0.6) is 0 Å². The van der Waals surface area contributed by atoms with Gasteiger partial charge in [-0.05, 0) is 48.9 Å². The molecule has 0 aliphatic carbocycles. The van der Waals surface area contributed by atoms with Gasteiger partial charge in [0.1, 0.15) is 16.5 Å². The molecule has 0 N–H and O–H groups in total. The molecule has 0 radical (unpaired) electrons. The van der Waals surface area contributed by atoms with Gasteiger partial charge in [-0.25, -0.2) is 25.6 Å². The Morgan fingerprint density at radius 2 is 1.58 bits per heavy atom. The van der Waals surface area contributed by atoms with Crippen LogP contribution in [-0.4, -0.2) is 70.7 Å². The molecule has 2 saturated heterocycles. The topological polar surface area (TPSA) is 74.8 Å². The number of sulfone groups is 2. The van der Waals surface area contributed by atoms with E-state index in [2.05, 4.69) is 0 Å². The Hall–Kier alpha value is -2.04. The highest BCUT2D eigenvalue weighted by atomic mass is 32.2. The van der Waals surface area contributed by atoms with Gasteiger partial charge in [0, 0.05) is 37.9 Å². The number of nitrogens with zero attached hydrogens (tertiary/aromatic N) is 2. The fraction of sp³-hybridized carbons (Fsp3) is 0.429. The molecule has 31 heavy (non-hydrogen) atoms. The first-order valence-electron chi connectivity index (χ1n) is 10.0. The second kappa shape index (κ2) is 8.14. The maximum absolute atomic E-state index is 14.4. The Bertz CT molecular complexity index is 1180. The quantitative estimate of drug-likeness (QED) is 0.681. The van der Waals surface area contributed by atoms with Crippen LogP contribution in [0.2, 0.25) is 0 Å². The number of hydrogen-bond acceptors (Lipinski definition) is 6. The molecule has 2 aliphatic rings. The maximum atomic E-state index is 14.4. The number of halogens is 2. The Balaban J connectivity index is 1.57. The molecule has 2 aromatic rings. The molecule has 2 fully saturated rings. The lowest BCUT2D eigenvalue weighted by molar-refractivity contribution is 0.201. The van der Waals surface area contributed by atoms with Crippen molar-refractivity contribution in [2.45, 2.75) is 23.1 Å². The average Bonchev–Trinajstić information content (AvgIpc) is 3.07. The molecule has 2 aromatic carbocycles. The minimum Gasteiger partial charge on any atom is -0.369 e. The molecule has 2 heterocycles. The lowest BCUT2D eigenvalue weighted by Crippen LogP contribution is -2.55. The normalized spacial score (nSPS) is 24.4. The highest BCUT2D eigenvalue weighted by molar-refractivity contribution is 7.96. The summed E-state index contributed by atoms with van der Waals surface area (Å²) >= 11 is 0. The number of benzene rings is 2. The third-order valence-electron chi connectivity index (χ3n) is 6.04. The molecule has 2 atom stereocenters. The zero-order valence-corrected chi connectivity index (χ0v) is 18.7. The summed E-state index contributed by atoms with van der Waals surface area (Å²) in [6.45, 7) is 3.68. The van der Waals surface area contributed by atoms with Crippen LogP contribution in [-0.2, 0) is 19.7 Å². The van der Waals surface area contributed by atoms with E-state index >= 15 is 0 Å². The first-order chi connectivity index (χ1) is 14.6. The van der Waals surface area contributed by atoms with Crippen LogP contribution >= 0.6 is 0 Å². The predicted molar refractivity (Wildman–Crippen MR) is 115 cm³/mol. The van der Waals surface area contributed by atoms with Crippen LogP contribution in [0.25, 0.3) is 0 Å². The summed E-state index contributed by atoms with van der Waals surface area (Å²) in [5.74, 6) is -1.96. The SMILES string of the molecule is Cc1ccc(F)c(S(=O)(=O)[C@H]2CS(=O)(=O)C[C@@H]2N2CCN(c3ccc(F)cc3)CC2)c1. The predicted octanol–water partition coefficient (Wildman–Crippen LogP) is 2.03. The largest absolute Gasteiger partial charge is 0.369 e. The third-order valence-corrected chi connectivity index (χ3v) is 10.2. The standard InChI is InChI=1S/C21H24F2N2O4S2/c1-15-2-7-18(23)20(12-15)31(28,29)21-14-30(26,27)13-19(21)25-10-8-24(9-11-25)17-5-3-16(22)4-6-17/h2-7,12,19,21H,8-11,13-14H2,1H3/t19-,21-/m0/s1. The Morgan fingerprint density at radius 3 is 2.23 bits per heavy atom. The lowest BCUT2D eigenvalue weighted by Gasteiger charge is -2.40. The number of rotatable bonds is 4. The molecule has 0 bridgehead atoms. The maximum Gasteiger partial charge on any atom is 0.186 e. The van der Waals surface area contributed by atoms with Gasteiger partial charge in [-0.2, -0.15) is 0 Å². The Morgan fingerprint density at radius 1 is 0.935 bits per heavy atom. The molecule has 168 valence electrons. The second-order valence-electron chi connectivity index (χ2n) is 8.16. The van der Waals surface area contributed by atoms with E-state index in [-0.39, 0.29) is 11.6 Å². The van der Waals surface area contributed by atoms with Crippen molar-refractivity contribution >= 4 is 25.4 Å². The number of aryl methyl sites for hydroxylation is 1. The number of anilines is 1. The van der Waals surface area contributed by atoms with Crippen LogP contribution in [0, 0.1) is 18.6 Å². The van der Waals surface area contributed by atoms with E-state index in [0.717, 1.165) is 11.8 Å². The van der Waals surface area contributed by atoms with Crippen LogP contribution < -0.4 is 4.90 Å². The summed E-state index contributed by atoms with van der Waals surface area (Å²) in [7, 11) is -7.76. The Kier molecular flexibility index (Phi) is 5.82. The van der Waals surface area contributed by atoms with Crippen molar-refractivity contribution in [3.05, 3.63) is 59.7 Å². The van der Waals surface area contributed by atoms with Gasteiger partial charge >= 0.3 is 0 Å². The highest BCUT2D eigenvalue weighted by Gasteiger charge is 2.49. The van der Waals surface area contributed by atoms with Crippen LogP contribution in [0.1, 0.15) is 5.56 Å². The van der Waals surface area contributed by atoms with E-state index in [4.69, 9.17) is 0 Å². The summed E-state index contributed by atoms with van der Waals surface area (Å²) < 4.78 is 78.9. The van der Waals surface area contributed by atoms with Crippen molar-refractivity contribution in [3.8, 4) is 0 Å². The first kappa shape index (κ1) is 22.2. The van der Waals surface area contributed by atoms with E-state index in [1.54, 1.807) is 19.1 Å². The molecular weight excluding hydrogens is 446 g/mol. The van der Waals surface area contributed by atoms with Crippen molar-refractivity contribution in [2.24, 2.45) is 0 Å². The molecule has 10 heteroatoms. The number of piperazine rings is 1. The number of hydrogen-bond donors (Lipinski definition) is 0. The fourth-order valence-corrected chi connectivity index (χ4v) is 9.37. The van der Waals surface area contributed by atoms with Gasteiger partial charge in [-0.15, -0.1) is 0 Å².